The molecule has 132 valence electrons. The number of aromatic nitrogens is 2. The molecule has 0 bridgehead atoms. The van der Waals surface area contributed by atoms with Crippen LogP contribution in [-0.4, -0.2) is 33.9 Å². The smallest absolute Gasteiger partial charge is 0.434 e. The Labute approximate surface area is 155 Å². The minimum Gasteiger partial charge on any atom is -0.434 e. The highest BCUT2D eigenvalue weighted by molar-refractivity contribution is 9.10. The SMILES string of the molecule is CCOC(=O)Oc1cnc(SC)nc1Nc1ccc(Br)cc1[N+](=O)[O-]. The lowest BCUT2D eigenvalue weighted by molar-refractivity contribution is -0.384. The average Bonchev–Trinajstić information content (AvgIpc) is 2.58. The molecule has 0 aliphatic rings. The van der Waals surface area contributed by atoms with E-state index in [1.165, 1.54) is 30.1 Å². The molecular formula is C14H13BrN4O5S. The van der Waals surface area contributed by atoms with Gasteiger partial charge in [-0.05, 0) is 25.3 Å². The van der Waals surface area contributed by atoms with Crippen molar-refractivity contribution < 1.29 is 19.2 Å². The molecule has 0 spiro atoms. The van der Waals surface area contributed by atoms with E-state index in [0.29, 0.717) is 9.63 Å². The van der Waals surface area contributed by atoms with Crippen molar-refractivity contribution in [1.82, 2.24) is 9.97 Å². The van der Waals surface area contributed by atoms with E-state index in [-0.39, 0.29) is 29.5 Å². The van der Waals surface area contributed by atoms with Crippen LogP contribution < -0.4 is 10.1 Å². The van der Waals surface area contributed by atoms with Gasteiger partial charge in [0, 0.05) is 10.5 Å². The van der Waals surface area contributed by atoms with E-state index in [4.69, 9.17) is 9.47 Å². The fourth-order valence-electron chi connectivity index (χ4n) is 1.74. The highest BCUT2D eigenvalue weighted by Crippen LogP contribution is 2.33. The van der Waals surface area contributed by atoms with Gasteiger partial charge in [-0.2, -0.15) is 0 Å². The van der Waals surface area contributed by atoms with Crippen molar-refractivity contribution in [2.75, 3.05) is 18.2 Å². The van der Waals surface area contributed by atoms with Crippen LogP contribution in [0.2, 0.25) is 0 Å². The molecular weight excluding hydrogens is 416 g/mol. The molecule has 1 aromatic heterocycles. The van der Waals surface area contributed by atoms with Crippen LogP contribution in [0.25, 0.3) is 0 Å². The van der Waals surface area contributed by atoms with Gasteiger partial charge in [-0.25, -0.2) is 14.8 Å². The fourth-order valence-corrected chi connectivity index (χ4v) is 2.43. The summed E-state index contributed by atoms with van der Waals surface area (Å²) in [6.07, 6.45) is 2.15. The molecule has 1 N–H and O–H groups in total. The van der Waals surface area contributed by atoms with Gasteiger partial charge in [0.05, 0.1) is 17.7 Å². The number of rotatable bonds is 6. The summed E-state index contributed by atoms with van der Waals surface area (Å²) in [5, 5.41) is 14.5. The molecule has 0 aliphatic carbocycles. The van der Waals surface area contributed by atoms with E-state index in [0.717, 1.165) is 0 Å². The summed E-state index contributed by atoms with van der Waals surface area (Å²) in [4.78, 5) is 30.5. The molecule has 9 nitrogen and oxygen atoms in total. The van der Waals surface area contributed by atoms with Crippen LogP contribution in [0.15, 0.2) is 34.0 Å². The molecule has 1 heterocycles. The predicted molar refractivity (Wildman–Crippen MR) is 95.5 cm³/mol. The van der Waals surface area contributed by atoms with Crippen molar-refractivity contribution in [3.8, 4) is 5.75 Å². The Hall–Kier alpha value is -2.40. The van der Waals surface area contributed by atoms with Gasteiger partial charge >= 0.3 is 6.16 Å². The number of hydrogen-bond donors (Lipinski definition) is 1. The third kappa shape index (κ3) is 5.03. The maximum atomic E-state index is 11.5. The molecule has 25 heavy (non-hydrogen) atoms. The quantitative estimate of drug-likeness (QED) is 0.238. The lowest BCUT2D eigenvalue weighted by Crippen LogP contribution is -2.12. The number of nitro benzene ring substituents is 1. The zero-order valence-electron chi connectivity index (χ0n) is 13.2. The summed E-state index contributed by atoms with van der Waals surface area (Å²) >= 11 is 4.46. The third-order valence-corrected chi connectivity index (χ3v) is 3.84. The van der Waals surface area contributed by atoms with E-state index in [9.17, 15) is 14.9 Å². The van der Waals surface area contributed by atoms with Gasteiger partial charge < -0.3 is 14.8 Å². The minimum absolute atomic E-state index is 0.00605. The van der Waals surface area contributed by atoms with Gasteiger partial charge in [0.15, 0.2) is 16.7 Å². The summed E-state index contributed by atoms with van der Waals surface area (Å²) in [7, 11) is 0. The molecule has 1 aromatic carbocycles. The van der Waals surface area contributed by atoms with Crippen molar-refractivity contribution in [3.63, 3.8) is 0 Å². The first-order chi connectivity index (χ1) is 11.9. The highest BCUT2D eigenvalue weighted by Gasteiger charge is 2.19. The maximum absolute atomic E-state index is 11.5. The average molecular weight is 429 g/mol. The van der Waals surface area contributed by atoms with Crippen LogP contribution in [0.5, 0.6) is 5.75 Å². The number of benzene rings is 1. The van der Waals surface area contributed by atoms with Gasteiger partial charge in [-0.1, -0.05) is 27.7 Å². The van der Waals surface area contributed by atoms with Gasteiger partial charge in [-0.3, -0.25) is 10.1 Å². The molecule has 0 radical (unpaired) electrons. The molecule has 0 fully saturated rings. The van der Waals surface area contributed by atoms with Crippen molar-refractivity contribution >= 4 is 51.0 Å². The Kier molecular flexibility index (Phi) is 6.53. The first kappa shape index (κ1) is 18.9. The number of thioether (sulfide) groups is 1. The Balaban J connectivity index is 2.40. The standard InChI is InChI=1S/C14H13BrN4O5S/c1-3-23-14(20)24-11-7-16-13(25-2)18-12(11)17-9-5-4-8(15)6-10(9)19(21)22/h4-7H,3H2,1-2H3,(H,16,17,18). The molecule has 2 rings (SSSR count). The van der Waals surface area contributed by atoms with E-state index in [2.05, 4.69) is 31.2 Å². The Bertz CT molecular complexity index is 805. The molecule has 0 atom stereocenters. The molecule has 0 aliphatic heterocycles. The molecule has 0 amide bonds. The van der Waals surface area contributed by atoms with E-state index < -0.39 is 11.1 Å². The van der Waals surface area contributed by atoms with Crippen molar-refractivity contribution in [1.29, 1.82) is 0 Å². The van der Waals surface area contributed by atoms with Crippen LogP contribution in [0.1, 0.15) is 6.92 Å². The van der Waals surface area contributed by atoms with Crippen molar-refractivity contribution in [2.45, 2.75) is 12.1 Å². The first-order valence-corrected chi connectivity index (χ1v) is 8.93. The normalized spacial score (nSPS) is 10.2. The Morgan fingerprint density at radius 1 is 1.48 bits per heavy atom. The Morgan fingerprint density at radius 2 is 2.24 bits per heavy atom. The van der Waals surface area contributed by atoms with Crippen LogP contribution in [0.3, 0.4) is 0 Å². The number of hydrogen-bond acceptors (Lipinski definition) is 9. The van der Waals surface area contributed by atoms with Crippen LogP contribution >= 0.6 is 27.7 Å². The number of anilines is 2. The molecule has 0 saturated heterocycles. The zero-order valence-corrected chi connectivity index (χ0v) is 15.6. The molecule has 2 aromatic rings. The lowest BCUT2D eigenvalue weighted by atomic mass is 10.2. The molecule has 11 heteroatoms. The van der Waals surface area contributed by atoms with Crippen LogP contribution in [0, 0.1) is 10.1 Å². The van der Waals surface area contributed by atoms with Crippen molar-refractivity contribution in [2.24, 2.45) is 0 Å². The molecule has 0 unspecified atom stereocenters. The van der Waals surface area contributed by atoms with Gasteiger partial charge in [-0.15, -0.1) is 0 Å². The second-order valence-electron chi connectivity index (χ2n) is 4.40. The van der Waals surface area contributed by atoms with Gasteiger partial charge in [0.25, 0.3) is 5.69 Å². The highest BCUT2D eigenvalue weighted by atomic mass is 79.9. The molecule has 0 saturated carbocycles. The Morgan fingerprint density at radius 3 is 2.88 bits per heavy atom. The number of ether oxygens (including phenoxy) is 2. The van der Waals surface area contributed by atoms with Crippen molar-refractivity contribution in [3.05, 3.63) is 39.0 Å². The van der Waals surface area contributed by atoms with Gasteiger partial charge in [0.1, 0.15) is 5.69 Å². The number of carbonyl (C=O) groups excluding carboxylic acids is 1. The van der Waals surface area contributed by atoms with Gasteiger partial charge in [0.2, 0.25) is 0 Å². The summed E-state index contributed by atoms with van der Waals surface area (Å²) in [5.41, 5.74) is 0.0217. The summed E-state index contributed by atoms with van der Waals surface area (Å²) in [6, 6.07) is 4.50. The zero-order chi connectivity index (χ0) is 18.4. The lowest BCUT2D eigenvalue weighted by Gasteiger charge is -2.12. The topological polar surface area (TPSA) is 116 Å². The minimum atomic E-state index is -0.920. The first-order valence-electron chi connectivity index (χ1n) is 6.91. The fraction of sp³-hybridized carbons (Fsp3) is 0.214. The van der Waals surface area contributed by atoms with E-state index in [1.54, 1.807) is 19.2 Å². The number of nitrogens with zero attached hydrogens (tertiary/aromatic N) is 3. The summed E-state index contributed by atoms with van der Waals surface area (Å²) < 4.78 is 10.3. The number of nitrogens with one attached hydrogen (secondary N) is 1. The second kappa shape index (κ2) is 8.62. The van der Waals surface area contributed by atoms with Crippen LogP contribution in [0.4, 0.5) is 22.0 Å². The van der Waals surface area contributed by atoms with E-state index in [1.807, 2.05) is 0 Å². The largest absolute Gasteiger partial charge is 0.514 e. The predicted octanol–water partition coefficient (Wildman–Crippen LogP) is 4.15. The number of nitro groups is 1. The second-order valence-corrected chi connectivity index (χ2v) is 6.09. The monoisotopic (exact) mass is 428 g/mol. The third-order valence-electron chi connectivity index (χ3n) is 2.78. The van der Waals surface area contributed by atoms with E-state index >= 15 is 0 Å². The maximum Gasteiger partial charge on any atom is 0.514 e. The summed E-state index contributed by atoms with van der Waals surface area (Å²) in [6.45, 7) is 1.78. The summed E-state index contributed by atoms with van der Waals surface area (Å²) in [5.74, 6) is 0.103. The van der Waals surface area contributed by atoms with Crippen LogP contribution in [-0.2, 0) is 4.74 Å². The number of halogens is 1. The number of carbonyl (C=O) groups is 1.